The fourth-order valence-electron chi connectivity index (χ4n) is 0.404. The Hall–Kier alpha value is 0.0400. The minimum absolute atomic E-state index is 0.0698. The zero-order chi connectivity index (χ0) is 9.78. The average molecular weight is 234 g/mol. The fraction of sp³-hybridized carbons (Fsp3) is 0.750. The highest BCUT2D eigenvalue weighted by Gasteiger charge is 2.13. The van der Waals surface area contributed by atoms with E-state index in [0.717, 1.165) is 0 Å². The second-order valence-corrected chi connectivity index (χ2v) is 6.33. The van der Waals surface area contributed by atoms with Crippen molar-refractivity contribution >= 4 is 34.5 Å². The van der Waals surface area contributed by atoms with Gasteiger partial charge >= 0.3 is 6.07 Å². The van der Waals surface area contributed by atoms with Gasteiger partial charge in [-0.25, -0.2) is 0 Å². The summed E-state index contributed by atoms with van der Waals surface area (Å²) in [4.78, 5) is 1.41. The van der Waals surface area contributed by atoms with Crippen LogP contribution in [-0.4, -0.2) is 31.1 Å². The Morgan fingerprint density at radius 2 is 2.25 bits per heavy atom. The zero-order valence-corrected chi connectivity index (χ0v) is 8.86. The molecule has 72 valence electrons. The predicted molar refractivity (Wildman–Crippen MR) is 49.8 cm³/mol. The predicted octanol–water partition coefficient (Wildman–Crippen LogP) is 1.41. The summed E-state index contributed by atoms with van der Waals surface area (Å²) in [5.74, 6) is -0.0995. The van der Waals surface area contributed by atoms with Gasteiger partial charge in [0.25, 0.3) is 0 Å². The summed E-state index contributed by atoms with van der Waals surface area (Å²) in [6, 6.07) is 0. The molecule has 8 heteroatoms. The molecule has 0 aromatic rings. The van der Waals surface area contributed by atoms with Crippen LogP contribution in [0.15, 0.2) is 0 Å². The Balaban J connectivity index is 3.58. The van der Waals surface area contributed by atoms with Gasteiger partial charge in [0.1, 0.15) is 0 Å². The molecule has 5 nitrogen and oxygen atoms in total. The first-order valence-electron chi connectivity index (χ1n) is 3.02. The third-order valence-corrected chi connectivity index (χ3v) is 2.15. The normalized spacial score (nSPS) is 11.2. The smallest absolute Gasteiger partial charge is 0.370 e. The second-order valence-electron chi connectivity index (χ2n) is 2.05. The molecule has 3 N–H and O–H groups in total. The minimum Gasteiger partial charge on any atom is -0.370 e. The SMILES string of the molecule is CN(CCOP(=O)(Cl)Cl)C(=N)N. The second kappa shape index (κ2) is 4.92. The number of nitrogens with zero attached hydrogens (tertiary/aromatic N) is 1. The van der Waals surface area contributed by atoms with Gasteiger partial charge in [-0.1, -0.05) is 0 Å². The van der Waals surface area contributed by atoms with Gasteiger partial charge in [-0.3, -0.25) is 9.97 Å². The maximum atomic E-state index is 10.6. The summed E-state index contributed by atoms with van der Waals surface area (Å²) in [5, 5.41) is 6.95. The maximum Gasteiger partial charge on any atom is 0.380 e. The minimum atomic E-state index is -3.45. The highest BCUT2D eigenvalue weighted by molar-refractivity contribution is 8.05. The lowest BCUT2D eigenvalue weighted by Crippen LogP contribution is -2.35. The van der Waals surface area contributed by atoms with Crippen LogP contribution in [0.1, 0.15) is 0 Å². The number of nitrogens with two attached hydrogens (primary N) is 1. The summed E-state index contributed by atoms with van der Waals surface area (Å²) >= 11 is 10.2. The van der Waals surface area contributed by atoms with Gasteiger partial charge in [-0.15, -0.1) is 0 Å². The molecule has 0 aliphatic carbocycles. The summed E-state index contributed by atoms with van der Waals surface area (Å²) in [7, 11) is 1.60. The molecule has 0 atom stereocenters. The van der Waals surface area contributed by atoms with Gasteiger partial charge in [0.05, 0.1) is 6.61 Å². The van der Waals surface area contributed by atoms with E-state index in [4.69, 9.17) is 33.6 Å². The van der Waals surface area contributed by atoms with Crippen LogP contribution >= 0.6 is 28.6 Å². The van der Waals surface area contributed by atoms with Crippen molar-refractivity contribution in [2.75, 3.05) is 20.2 Å². The molecule has 0 bridgehead atoms. The van der Waals surface area contributed by atoms with Crippen molar-refractivity contribution in [1.82, 2.24) is 4.90 Å². The number of halogens is 2. The van der Waals surface area contributed by atoms with Crippen LogP contribution in [0.25, 0.3) is 0 Å². The summed E-state index contributed by atoms with van der Waals surface area (Å²) < 4.78 is 15.1. The van der Waals surface area contributed by atoms with Crippen LogP contribution in [0, 0.1) is 5.41 Å². The lowest BCUT2D eigenvalue weighted by Gasteiger charge is -2.15. The van der Waals surface area contributed by atoms with Crippen molar-refractivity contribution in [2.45, 2.75) is 0 Å². The lowest BCUT2D eigenvalue weighted by atomic mass is 10.6. The molecule has 0 aliphatic heterocycles. The molecular formula is C4H10Cl2N3O2P. The van der Waals surface area contributed by atoms with E-state index in [2.05, 4.69) is 4.52 Å². The molecule has 0 saturated heterocycles. The third kappa shape index (κ3) is 6.73. The van der Waals surface area contributed by atoms with Crippen LogP contribution in [0.4, 0.5) is 0 Å². The van der Waals surface area contributed by atoms with Gasteiger partial charge in [-0.2, -0.15) is 0 Å². The fourth-order valence-corrected chi connectivity index (χ4v) is 1.11. The van der Waals surface area contributed by atoms with Crippen LogP contribution in [-0.2, 0) is 9.09 Å². The largest absolute Gasteiger partial charge is 0.380 e. The van der Waals surface area contributed by atoms with Crippen LogP contribution in [0.2, 0.25) is 0 Å². The quantitative estimate of drug-likeness (QED) is 0.438. The molecule has 12 heavy (non-hydrogen) atoms. The number of rotatable bonds is 4. The van der Waals surface area contributed by atoms with E-state index < -0.39 is 6.07 Å². The maximum absolute atomic E-state index is 10.6. The first-order valence-corrected chi connectivity index (χ1v) is 6.45. The van der Waals surface area contributed by atoms with Crippen molar-refractivity contribution in [1.29, 1.82) is 5.41 Å². The van der Waals surface area contributed by atoms with Crippen molar-refractivity contribution in [3.63, 3.8) is 0 Å². The van der Waals surface area contributed by atoms with E-state index in [0.29, 0.717) is 6.54 Å². The Morgan fingerprint density at radius 3 is 2.58 bits per heavy atom. The van der Waals surface area contributed by atoms with Gasteiger partial charge in [0.2, 0.25) is 0 Å². The van der Waals surface area contributed by atoms with Gasteiger partial charge in [-0.05, 0) is 22.5 Å². The molecule has 0 saturated carbocycles. The topological polar surface area (TPSA) is 79.4 Å². The number of nitrogens with one attached hydrogen (secondary N) is 1. The molecule has 0 rings (SSSR count). The number of hydrogen-bond acceptors (Lipinski definition) is 3. The molecule has 0 aromatic heterocycles. The van der Waals surface area contributed by atoms with E-state index in [1.54, 1.807) is 7.05 Å². The number of likely N-dealkylation sites (N-methyl/N-ethyl adjacent to an activating group) is 1. The van der Waals surface area contributed by atoms with Crippen molar-refractivity contribution in [2.24, 2.45) is 5.73 Å². The molecule has 0 heterocycles. The van der Waals surface area contributed by atoms with Gasteiger partial charge < -0.3 is 15.2 Å². The van der Waals surface area contributed by atoms with Crippen molar-refractivity contribution in [3.05, 3.63) is 0 Å². The summed E-state index contributed by atoms with van der Waals surface area (Å²) in [5.41, 5.74) is 5.10. The first kappa shape index (κ1) is 12.0. The molecule has 0 amide bonds. The molecular weight excluding hydrogens is 224 g/mol. The molecule has 0 radical (unpaired) electrons. The van der Waals surface area contributed by atoms with Gasteiger partial charge in [0.15, 0.2) is 5.96 Å². The van der Waals surface area contributed by atoms with E-state index in [1.807, 2.05) is 0 Å². The van der Waals surface area contributed by atoms with E-state index in [-0.39, 0.29) is 12.6 Å². The summed E-state index contributed by atoms with van der Waals surface area (Å²) in [6.45, 7) is 0.388. The van der Waals surface area contributed by atoms with Crippen molar-refractivity contribution < 1.29 is 9.09 Å². The summed E-state index contributed by atoms with van der Waals surface area (Å²) in [6.07, 6.45) is -3.45. The number of hydrogen-bond donors (Lipinski definition) is 2. The average Bonchev–Trinajstić information content (AvgIpc) is 1.84. The molecule has 0 aromatic carbocycles. The molecule has 0 unspecified atom stereocenters. The standard InChI is InChI=1S/C4H10Cl2N3O2P/c1-9(4(7)8)2-3-11-12(5,6)10/h2-3H2,1H3,(H3,7,8). The first-order chi connectivity index (χ1) is 5.33. The molecule has 0 aliphatic rings. The third-order valence-electron chi connectivity index (χ3n) is 1.08. The van der Waals surface area contributed by atoms with Crippen LogP contribution in [0.3, 0.4) is 0 Å². The Kier molecular flexibility index (Phi) is 4.94. The van der Waals surface area contributed by atoms with E-state index in [1.165, 1.54) is 4.90 Å². The Morgan fingerprint density at radius 1 is 1.75 bits per heavy atom. The highest BCUT2D eigenvalue weighted by atomic mass is 35.9. The monoisotopic (exact) mass is 233 g/mol. The molecule has 0 spiro atoms. The Bertz CT molecular complexity index is 206. The van der Waals surface area contributed by atoms with Gasteiger partial charge in [0, 0.05) is 13.6 Å². The van der Waals surface area contributed by atoms with Crippen LogP contribution in [0.5, 0.6) is 0 Å². The number of guanidine groups is 1. The zero-order valence-electron chi connectivity index (χ0n) is 6.46. The van der Waals surface area contributed by atoms with Crippen LogP contribution < -0.4 is 5.73 Å². The van der Waals surface area contributed by atoms with E-state index >= 15 is 0 Å². The molecule has 0 fully saturated rings. The highest BCUT2D eigenvalue weighted by Crippen LogP contribution is 2.57. The van der Waals surface area contributed by atoms with E-state index in [9.17, 15) is 4.57 Å². The lowest BCUT2D eigenvalue weighted by molar-refractivity contribution is 0.296. The Labute approximate surface area is 80.3 Å². The van der Waals surface area contributed by atoms with Crippen molar-refractivity contribution in [3.8, 4) is 0 Å².